The predicted molar refractivity (Wildman–Crippen MR) is 110 cm³/mol. The number of hydrogen-bond donors (Lipinski definition) is 1. The van der Waals surface area contributed by atoms with Gasteiger partial charge >= 0.3 is 0 Å². The average Bonchev–Trinajstić information content (AvgIpc) is 2.62. The van der Waals surface area contributed by atoms with E-state index in [-0.39, 0.29) is 0 Å². The van der Waals surface area contributed by atoms with Crippen LogP contribution in [-0.2, 0) is 0 Å². The molecule has 1 aliphatic rings. The van der Waals surface area contributed by atoms with Crippen molar-refractivity contribution in [2.45, 2.75) is 34.6 Å². The first kappa shape index (κ1) is 18.5. The third-order valence-corrected chi connectivity index (χ3v) is 5.01. The Balaban J connectivity index is 1.69. The monoisotopic (exact) mass is 353 g/mol. The number of piperazine rings is 1. The average molecular weight is 354 g/mol. The summed E-state index contributed by atoms with van der Waals surface area (Å²) in [4.78, 5) is 14.2. The molecule has 5 heteroatoms. The quantitative estimate of drug-likeness (QED) is 0.886. The van der Waals surface area contributed by atoms with Crippen LogP contribution in [0.1, 0.15) is 30.7 Å². The number of aromatic nitrogens is 2. The van der Waals surface area contributed by atoms with Gasteiger partial charge in [0.2, 0.25) is 5.95 Å². The van der Waals surface area contributed by atoms with Crippen molar-refractivity contribution < 1.29 is 0 Å². The Morgan fingerprint density at radius 1 is 1.00 bits per heavy atom. The van der Waals surface area contributed by atoms with Crippen molar-refractivity contribution in [3.63, 3.8) is 0 Å². The molecule has 1 aliphatic heterocycles. The molecule has 0 bridgehead atoms. The summed E-state index contributed by atoms with van der Waals surface area (Å²) in [7, 11) is 0. The van der Waals surface area contributed by atoms with Gasteiger partial charge in [-0.1, -0.05) is 26.0 Å². The van der Waals surface area contributed by atoms with E-state index < -0.39 is 0 Å². The van der Waals surface area contributed by atoms with E-state index in [1.807, 2.05) is 13.0 Å². The van der Waals surface area contributed by atoms with Crippen LogP contribution in [0.25, 0.3) is 0 Å². The maximum atomic E-state index is 4.74. The van der Waals surface area contributed by atoms with Crippen LogP contribution < -0.4 is 15.1 Å². The fourth-order valence-electron chi connectivity index (χ4n) is 3.32. The van der Waals surface area contributed by atoms with Crippen LogP contribution in [0.5, 0.6) is 0 Å². The lowest BCUT2D eigenvalue weighted by Crippen LogP contribution is -2.47. The molecule has 5 nitrogen and oxygen atoms in total. The van der Waals surface area contributed by atoms with E-state index in [0.717, 1.165) is 50.2 Å². The number of nitrogens with one attached hydrogen (secondary N) is 1. The third kappa shape index (κ3) is 4.26. The Kier molecular flexibility index (Phi) is 5.64. The van der Waals surface area contributed by atoms with E-state index in [1.165, 1.54) is 16.8 Å². The van der Waals surface area contributed by atoms with E-state index in [4.69, 9.17) is 4.98 Å². The van der Waals surface area contributed by atoms with Gasteiger partial charge in [-0.25, -0.2) is 4.98 Å². The van der Waals surface area contributed by atoms with Gasteiger partial charge in [0, 0.05) is 50.2 Å². The molecule has 0 spiro atoms. The minimum absolute atomic E-state index is 0.592. The molecule has 2 heterocycles. The van der Waals surface area contributed by atoms with E-state index in [0.29, 0.717) is 5.92 Å². The van der Waals surface area contributed by atoms with Crippen molar-refractivity contribution in [3.05, 3.63) is 41.1 Å². The van der Waals surface area contributed by atoms with Crippen LogP contribution in [0.15, 0.2) is 24.3 Å². The van der Waals surface area contributed by atoms with Gasteiger partial charge in [-0.3, -0.25) is 0 Å². The SMILES string of the molecule is Cc1cc(NCC(C)C)nc(N2CCN(c3cccc(C)c3C)CC2)n1. The fourth-order valence-corrected chi connectivity index (χ4v) is 3.32. The van der Waals surface area contributed by atoms with Gasteiger partial charge in [-0.05, 0) is 43.9 Å². The molecule has 1 aromatic heterocycles. The van der Waals surface area contributed by atoms with Crippen LogP contribution in [0.2, 0.25) is 0 Å². The highest BCUT2D eigenvalue weighted by molar-refractivity contribution is 5.57. The number of aryl methyl sites for hydroxylation is 2. The summed E-state index contributed by atoms with van der Waals surface area (Å²) in [6.07, 6.45) is 0. The Morgan fingerprint density at radius 2 is 1.69 bits per heavy atom. The Bertz CT molecular complexity index is 748. The number of hydrogen-bond acceptors (Lipinski definition) is 5. The summed E-state index contributed by atoms with van der Waals surface area (Å²) in [6.45, 7) is 15.7. The zero-order valence-electron chi connectivity index (χ0n) is 16.7. The van der Waals surface area contributed by atoms with Crippen molar-refractivity contribution >= 4 is 17.5 Å². The number of nitrogens with zero attached hydrogens (tertiary/aromatic N) is 4. The second kappa shape index (κ2) is 7.94. The predicted octanol–water partition coefficient (Wildman–Crippen LogP) is 3.80. The highest BCUT2D eigenvalue weighted by Gasteiger charge is 2.21. The number of benzene rings is 1. The molecule has 0 saturated carbocycles. The lowest BCUT2D eigenvalue weighted by molar-refractivity contribution is 0.637. The molecular weight excluding hydrogens is 322 g/mol. The molecule has 26 heavy (non-hydrogen) atoms. The Hall–Kier alpha value is -2.30. The van der Waals surface area contributed by atoms with Crippen molar-refractivity contribution in [1.29, 1.82) is 0 Å². The summed E-state index contributed by atoms with van der Waals surface area (Å²) in [6, 6.07) is 8.59. The van der Waals surface area contributed by atoms with Gasteiger partial charge in [-0.2, -0.15) is 4.98 Å². The van der Waals surface area contributed by atoms with Gasteiger partial charge in [0.15, 0.2) is 0 Å². The molecule has 0 aliphatic carbocycles. The van der Waals surface area contributed by atoms with Crippen LogP contribution in [0.4, 0.5) is 17.5 Å². The first-order valence-corrected chi connectivity index (χ1v) is 9.59. The van der Waals surface area contributed by atoms with Gasteiger partial charge in [-0.15, -0.1) is 0 Å². The smallest absolute Gasteiger partial charge is 0.227 e. The maximum Gasteiger partial charge on any atom is 0.227 e. The number of rotatable bonds is 5. The molecule has 1 aromatic carbocycles. The molecule has 1 fully saturated rings. The molecule has 0 unspecified atom stereocenters. The standard InChI is InChI=1S/C21H31N5/c1-15(2)14-22-20-13-17(4)23-21(24-20)26-11-9-25(10-12-26)19-8-6-7-16(3)18(19)5/h6-8,13,15H,9-12,14H2,1-5H3,(H,22,23,24). The second-order valence-corrected chi connectivity index (χ2v) is 7.66. The third-order valence-electron chi connectivity index (χ3n) is 5.01. The van der Waals surface area contributed by atoms with Crippen LogP contribution in [0.3, 0.4) is 0 Å². The highest BCUT2D eigenvalue weighted by atomic mass is 15.3. The van der Waals surface area contributed by atoms with Gasteiger partial charge in [0.05, 0.1) is 0 Å². The zero-order chi connectivity index (χ0) is 18.7. The highest BCUT2D eigenvalue weighted by Crippen LogP contribution is 2.25. The van der Waals surface area contributed by atoms with E-state index in [9.17, 15) is 0 Å². The first-order chi connectivity index (χ1) is 12.4. The second-order valence-electron chi connectivity index (χ2n) is 7.66. The van der Waals surface area contributed by atoms with Crippen LogP contribution >= 0.6 is 0 Å². The van der Waals surface area contributed by atoms with E-state index >= 15 is 0 Å². The molecular formula is C21H31N5. The van der Waals surface area contributed by atoms with E-state index in [2.05, 4.69) is 66.0 Å². The van der Waals surface area contributed by atoms with E-state index in [1.54, 1.807) is 0 Å². The normalized spacial score (nSPS) is 14.8. The molecule has 0 radical (unpaired) electrons. The number of anilines is 3. The summed E-state index contributed by atoms with van der Waals surface area (Å²) in [5.74, 6) is 2.37. The minimum atomic E-state index is 0.592. The Labute approximate surface area is 157 Å². The topological polar surface area (TPSA) is 44.3 Å². The molecule has 2 aromatic rings. The van der Waals surface area contributed by atoms with Gasteiger partial charge < -0.3 is 15.1 Å². The summed E-state index contributed by atoms with van der Waals surface area (Å²) in [5, 5.41) is 3.42. The summed E-state index contributed by atoms with van der Waals surface area (Å²) >= 11 is 0. The van der Waals surface area contributed by atoms with Crippen LogP contribution in [0, 0.1) is 26.7 Å². The van der Waals surface area contributed by atoms with Crippen molar-refractivity contribution in [3.8, 4) is 0 Å². The molecule has 1 N–H and O–H groups in total. The van der Waals surface area contributed by atoms with Crippen molar-refractivity contribution in [2.75, 3.05) is 47.8 Å². The lowest BCUT2D eigenvalue weighted by Gasteiger charge is -2.37. The lowest BCUT2D eigenvalue weighted by atomic mass is 10.1. The first-order valence-electron chi connectivity index (χ1n) is 9.59. The molecule has 0 amide bonds. The van der Waals surface area contributed by atoms with Crippen molar-refractivity contribution in [2.24, 2.45) is 5.92 Å². The van der Waals surface area contributed by atoms with Gasteiger partial charge in [0.25, 0.3) is 0 Å². The summed E-state index contributed by atoms with van der Waals surface area (Å²) in [5.41, 5.74) is 5.10. The fraction of sp³-hybridized carbons (Fsp3) is 0.524. The maximum absolute atomic E-state index is 4.74. The Morgan fingerprint density at radius 3 is 2.38 bits per heavy atom. The molecule has 3 rings (SSSR count). The molecule has 0 atom stereocenters. The zero-order valence-corrected chi connectivity index (χ0v) is 16.7. The van der Waals surface area contributed by atoms with Crippen LogP contribution in [-0.4, -0.2) is 42.7 Å². The molecule has 1 saturated heterocycles. The van der Waals surface area contributed by atoms with Crippen molar-refractivity contribution in [1.82, 2.24) is 9.97 Å². The summed E-state index contributed by atoms with van der Waals surface area (Å²) < 4.78 is 0. The molecule has 140 valence electrons. The largest absolute Gasteiger partial charge is 0.370 e. The van der Waals surface area contributed by atoms with Gasteiger partial charge in [0.1, 0.15) is 5.82 Å². The minimum Gasteiger partial charge on any atom is -0.370 e.